The Kier molecular flexibility index (Phi) is 6.46. The summed E-state index contributed by atoms with van der Waals surface area (Å²) < 4.78 is 12.1. The summed E-state index contributed by atoms with van der Waals surface area (Å²) in [7, 11) is -1.41. The third-order valence-corrected chi connectivity index (χ3v) is 8.56. The number of benzene rings is 2. The van der Waals surface area contributed by atoms with Crippen LogP contribution in [-0.2, 0) is 16.1 Å². The minimum Gasteiger partial charge on any atom is -0.377 e. The molecule has 0 spiro atoms. The minimum absolute atomic E-state index is 0.376. The average Bonchev–Trinajstić information content (AvgIpc) is 3.07. The fraction of sp³-hybridized carbons (Fsp3) is 0.455. The molecule has 0 bridgehead atoms. The molecule has 2 nitrogen and oxygen atoms in total. The van der Waals surface area contributed by atoms with E-state index in [1.807, 2.05) is 6.07 Å². The maximum atomic E-state index is 6.33. The van der Waals surface area contributed by atoms with Crippen molar-refractivity contribution in [1.82, 2.24) is 0 Å². The van der Waals surface area contributed by atoms with Crippen molar-refractivity contribution in [3.8, 4) is 0 Å². The molecule has 0 N–H and O–H groups in total. The van der Waals surface area contributed by atoms with Crippen LogP contribution in [0.25, 0.3) is 0 Å². The van der Waals surface area contributed by atoms with E-state index in [2.05, 4.69) is 67.7 Å². The van der Waals surface area contributed by atoms with E-state index in [1.165, 1.54) is 29.6 Å². The summed E-state index contributed by atoms with van der Waals surface area (Å²) in [5.41, 5.74) is 1.24. The van der Waals surface area contributed by atoms with Gasteiger partial charge in [0.1, 0.15) is 0 Å². The van der Waals surface area contributed by atoms with Crippen LogP contribution < -0.4 is 5.19 Å². The van der Waals surface area contributed by atoms with Crippen LogP contribution in [-0.4, -0.2) is 26.9 Å². The maximum absolute atomic E-state index is 6.33. The van der Waals surface area contributed by atoms with Gasteiger partial charge in [0.25, 0.3) is 0 Å². The summed E-state index contributed by atoms with van der Waals surface area (Å²) >= 11 is 0. The molecule has 1 heterocycles. The van der Waals surface area contributed by atoms with E-state index < -0.39 is 8.07 Å². The van der Waals surface area contributed by atoms with Crippen molar-refractivity contribution in [2.45, 2.75) is 57.2 Å². The highest BCUT2D eigenvalue weighted by atomic mass is 28.3. The number of hydrogen-bond donors (Lipinski definition) is 0. The summed E-state index contributed by atoms with van der Waals surface area (Å²) in [5.74, 6) is 0. The van der Waals surface area contributed by atoms with Gasteiger partial charge in [-0.15, -0.1) is 0 Å². The van der Waals surface area contributed by atoms with Gasteiger partial charge < -0.3 is 9.47 Å². The molecular weight excluding hydrogens is 324 g/mol. The highest BCUT2D eigenvalue weighted by molar-refractivity contribution is 6.89. The van der Waals surface area contributed by atoms with Gasteiger partial charge in [0.05, 0.1) is 26.9 Å². The van der Waals surface area contributed by atoms with Crippen LogP contribution in [0.5, 0.6) is 0 Å². The molecule has 2 atom stereocenters. The van der Waals surface area contributed by atoms with Crippen molar-refractivity contribution in [2.24, 2.45) is 0 Å². The zero-order valence-electron chi connectivity index (χ0n) is 15.5. The molecule has 0 aliphatic carbocycles. The van der Waals surface area contributed by atoms with Crippen molar-refractivity contribution >= 4 is 13.3 Å². The van der Waals surface area contributed by atoms with E-state index in [1.54, 1.807) is 0 Å². The van der Waals surface area contributed by atoms with Crippen molar-refractivity contribution in [3.05, 3.63) is 66.2 Å². The summed E-state index contributed by atoms with van der Waals surface area (Å²) in [6.45, 7) is 6.40. The van der Waals surface area contributed by atoms with Crippen molar-refractivity contribution in [1.29, 1.82) is 0 Å². The van der Waals surface area contributed by atoms with Gasteiger partial charge in [0.15, 0.2) is 0 Å². The summed E-state index contributed by atoms with van der Waals surface area (Å²) in [6, 6.07) is 22.6. The van der Waals surface area contributed by atoms with Gasteiger partial charge in [-0.1, -0.05) is 78.9 Å². The van der Waals surface area contributed by atoms with Crippen molar-refractivity contribution < 1.29 is 9.47 Å². The molecule has 3 heteroatoms. The van der Waals surface area contributed by atoms with E-state index in [9.17, 15) is 0 Å². The summed E-state index contributed by atoms with van der Waals surface area (Å²) in [6.07, 6.45) is 4.20. The number of rotatable bonds is 8. The normalized spacial score (nSPS) is 20.7. The van der Waals surface area contributed by atoms with Gasteiger partial charge in [-0.05, 0) is 30.9 Å². The first-order valence-corrected chi connectivity index (χ1v) is 12.7. The third kappa shape index (κ3) is 5.53. The average molecular weight is 355 g/mol. The lowest BCUT2D eigenvalue weighted by Gasteiger charge is -2.26. The largest absolute Gasteiger partial charge is 0.377 e. The lowest BCUT2D eigenvalue weighted by molar-refractivity contribution is 0.0230. The predicted molar refractivity (Wildman–Crippen MR) is 107 cm³/mol. The van der Waals surface area contributed by atoms with Crippen LogP contribution in [0, 0.1) is 0 Å². The summed E-state index contributed by atoms with van der Waals surface area (Å²) in [4.78, 5) is 0. The van der Waals surface area contributed by atoms with Crippen LogP contribution in [0.15, 0.2) is 60.7 Å². The first-order chi connectivity index (χ1) is 12.1. The van der Waals surface area contributed by atoms with Gasteiger partial charge in [-0.25, -0.2) is 0 Å². The molecule has 0 saturated carbocycles. The van der Waals surface area contributed by atoms with Crippen LogP contribution in [0.2, 0.25) is 19.1 Å². The van der Waals surface area contributed by atoms with Gasteiger partial charge in [-0.3, -0.25) is 0 Å². The number of ether oxygens (including phenoxy) is 2. The highest BCUT2D eigenvalue weighted by Gasteiger charge is 2.32. The lowest BCUT2D eigenvalue weighted by Crippen LogP contribution is -2.43. The molecule has 0 unspecified atom stereocenters. The van der Waals surface area contributed by atoms with Crippen LogP contribution in [0.3, 0.4) is 0 Å². The monoisotopic (exact) mass is 354 g/mol. The molecule has 2 aromatic carbocycles. The smallest absolute Gasteiger partial charge is 0.0831 e. The molecule has 1 aliphatic heterocycles. The van der Waals surface area contributed by atoms with E-state index in [0.29, 0.717) is 18.8 Å². The third-order valence-electron chi connectivity index (χ3n) is 5.18. The molecule has 1 saturated heterocycles. The predicted octanol–water partition coefficient (Wildman–Crippen LogP) is 4.76. The van der Waals surface area contributed by atoms with Gasteiger partial charge in [0.2, 0.25) is 0 Å². The second-order valence-corrected chi connectivity index (χ2v) is 12.5. The van der Waals surface area contributed by atoms with Crippen LogP contribution in [0.1, 0.15) is 24.8 Å². The highest BCUT2D eigenvalue weighted by Crippen LogP contribution is 2.28. The van der Waals surface area contributed by atoms with Gasteiger partial charge in [-0.2, -0.15) is 0 Å². The molecular formula is C22H30O2Si. The minimum atomic E-state index is -1.41. The Morgan fingerprint density at radius 1 is 0.920 bits per heavy atom. The van der Waals surface area contributed by atoms with E-state index in [0.717, 1.165) is 13.0 Å². The van der Waals surface area contributed by atoms with E-state index >= 15 is 0 Å². The Morgan fingerprint density at radius 3 is 2.28 bits per heavy atom. The standard InChI is InChI=1S/C22H30O2Si/c1-25(2,22-11-7-4-8-12-22)18-21-14-13-20(24-21)15-16-23-17-19-9-5-3-6-10-19/h3-12,20-21H,13-18H2,1-2H3/t20-,21-/m1/s1. The molecule has 1 fully saturated rings. The second kappa shape index (κ2) is 8.79. The van der Waals surface area contributed by atoms with Crippen molar-refractivity contribution in [3.63, 3.8) is 0 Å². The van der Waals surface area contributed by atoms with Gasteiger partial charge in [0, 0.05) is 6.61 Å². The Hall–Kier alpha value is -1.42. The molecule has 0 aromatic heterocycles. The zero-order valence-corrected chi connectivity index (χ0v) is 16.5. The number of hydrogen-bond acceptors (Lipinski definition) is 2. The molecule has 1 aliphatic rings. The zero-order chi connectivity index (χ0) is 17.5. The quantitative estimate of drug-likeness (QED) is 0.503. The van der Waals surface area contributed by atoms with E-state index in [4.69, 9.17) is 9.47 Å². The molecule has 0 radical (unpaired) electrons. The van der Waals surface area contributed by atoms with Crippen LogP contribution in [0.4, 0.5) is 0 Å². The lowest BCUT2D eigenvalue weighted by atomic mass is 10.1. The fourth-order valence-electron chi connectivity index (χ4n) is 3.70. The molecule has 134 valence electrons. The van der Waals surface area contributed by atoms with Crippen molar-refractivity contribution in [2.75, 3.05) is 6.61 Å². The molecule has 3 rings (SSSR count). The Morgan fingerprint density at radius 2 is 1.56 bits per heavy atom. The van der Waals surface area contributed by atoms with Crippen LogP contribution >= 0.6 is 0 Å². The second-order valence-electron chi connectivity index (χ2n) is 7.74. The maximum Gasteiger partial charge on any atom is 0.0831 e. The van der Waals surface area contributed by atoms with E-state index in [-0.39, 0.29) is 0 Å². The topological polar surface area (TPSA) is 18.5 Å². The summed E-state index contributed by atoms with van der Waals surface area (Å²) in [5, 5.41) is 1.54. The molecule has 0 amide bonds. The molecule has 2 aromatic rings. The molecule has 25 heavy (non-hydrogen) atoms. The Labute approximate surface area is 153 Å². The SMILES string of the molecule is C[Si](C)(C[C@H]1CC[C@H](CCOCc2ccccc2)O1)c1ccccc1. The Balaban J connectivity index is 1.38. The Bertz CT molecular complexity index is 627. The van der Waals surface area contributed by atoms with Gasteiger partial charge >= 0.3 is 0 Å². The first kappa shape index (κ1) is 18.4. The fourth-order valence-corrected chi connectivity index (χ4v) is 6.47. The first-order valence-electron chi connectivity index (χ1n) is 9.46.